The van der Waals surface area contributed by atoms with Crippen LogP contribution in [0.4, 0.5) is 39.2 Å². The number of aromatic nitrogens is 3. The molecule has 5 aliphatic rings. The molecule has 0 unspecified atom stereocenters. The van der Waals surface area contributed by atoms with Crippen LogP contribution in [-0.2, 0) is 29.1 Å². The maximum Gasteiger partial charge on any atom is 0.328 e. The van der Waals surface area contributed by atoms with Gasteiger partial charge < -0.3 is 30.1 Å². The van der Waals surface area contributed by atoms with Crippen LogP contribution in [-0.4, -0.2) is 108 Å². The van der Waals surface area contributed by atoms with Gasteiger partial charge >= 0.3 is 6.03 Å². The van der Waals surface area contributed by atoms with Crippen molar-refractivity contribution in [2.24, 2.45) is 5.92 Å². The number of likely N-dealkylation sites (tertiary alicyclic amines) is 1. The molecule has 0 spiro atoms. The van der Waals surface area contributed by atoms with E-state index >= 15 is 0 Å². The van der Waals surface area contributed by atoms with E-state index in [1.165, 1.54) is 11.1 Å². The second-order valence-electron chi connectivity index (χ2n) is 14.9. The lowest BCUT2D eigenvalue weighted by Gasteiger charge is -2.43. The van der Waals surface area contributed by atoms with E-state index < -0.39 is 0 Å². The van der Waals surface area contributed by atoms with E-state index in [2.05, 4.69) is 71.8 Å². The van der Waals surface area contributed by atoms with Gasteiger partial charge in [0.25, 0.3) is 0 Å². The van der Waals surface area contributed by atoms with Crippen molar-refractivity contribution < 1.29 is 19.1 Å². The van der Waals surface area contributed by atoms with E-state index in [1.54, 1.807) is 4.90 Å². The van der Waals surface area contributed by atoms with Crippen molar-refractivity contribution in [2.45, 2.75) is 32.9 Å². The lowest BCUT2D eigenvalue weighted by Crippen LogP contribution is -2.57. The fraction of sp³-hybridized carbons (Fsp3) is 0.400. The fourth-order valence-corrected chi connectivity index (χ4v) is 8.13. The fourth-order valence-electron chi connectivity index (χ4n) is 8.13. The molecule has 2 aromatic heterocycles. The summed E-state index contributed by atoms with van der Waals surface area (Å²) >= 11 is 0. The smallest absolute Gasteiger partial charge is 0.328 e. The van der Waals surface area contributed by atoms with Crippen LogP contribution >= 0.6 is 0 Å². The van der Waals surface area contributed by atoms with Crippen LogP contribution in [0.3, 0.4) is 0 Å². The van der Waals surface area contributed by atoms with Crippen LogP contribution in [0, 0.1) is 12.8 Å². The summed E-state index contributed by atoms with van der Waals surface area (Å²) in [4.78, 5) is 61.6. The van der Waals surface area contributed by atoms with Gasteiger partial charge in [0.1, 0.15) is 12.3 Å². The zero-order chi connectivity index (χ0) is 37.5. The molecule has 0 atom stereocenters. The standard InChI is InChI=1S/C40H45N11O4/c1-26-34(21-42-37-36(26)41-12-19-55-37)50-13-10-28-20-43-39(45-33(28)25-50)44-30-4-2-27(3-5-30)22-47-23-29(24-47)38(53)49-17-15-48(16-18-49)31-6-8-32(9-7-31)51-14-11-35(52)46-40(51)54/h2-9,20-21,29,41H,10-19,22-25H2,1H3,(H,43,44,45)(H,46,52,54). The first-order chi connectivity index (χ1) is 26.8. The summed E-state index contributed by atoms with van der Waals surface area (Å²) < 4.78 is 5.72. The van der Waals surface area contributed by atoms with Gasteiger partial charge in [-0.1, -0.05) is 12.1 Å². The van der Waals surface area contributed by atoms with Gasteiger partial charge in [0.05, 0.1) is 30.0 Å². The first-order valence-corrected chi connectivity index (χ1v) is 19.1. The molecule has 9 rings (SSSR count). The van der Waals surface area contributed by atoms with Gasteiger partial charge in [-0.3, -0.25) is 24.7 Å². The summed E-state index contributed by atoms with van der Waals surface area (Å²) in [6.45, 7) is 10.7. The van der Waals surface area contributed by atoms with Gasteiger partial charge in [0.2, 0.25) is 23.6 Å². The zero-order valence-corrected chi connectivity index (χ0v) is 31.0. The second kappa shape index (κ2) is 14.7. The lowest BCUT2D eigenvalue weighted by molar-refractivity contribution is -0.141. The highest BCUT2D eigenvalue weighted by Crippen LogP contribution is 2.36. The third kappa shape index (κ3) is 7.19. The molecule has 0 aliphatic carbocycles. The average molecular weight is 744 g/mol. The number of nitrogens with one attached hydrogen (secondary N) is 3. The number of carbonyl (C=O) groups is 3. The van der Waals surface area contributed by atoms with Crippen LogP contribution in [0.15, 0.2) is 60.9 Å². The normalized spacial score (nSPS) is 18.8. The Hall–Kier alpha value is -5.96. The number of fused-ring (bicyclic) bond motifs is 2. The predicted octanol–water partition coefficient (Wildman–Crippen LogP) is 3.52. The average Bonchev–Trinajstić information content (AvgIpc) is 3.20. The van der Waals surface area contributed by atoms with Gasteiger partial charge in [-0.05, 0) is 60.9 Å². The Kier molecular flexibility index (Phi) is 9.30. The third-order valence-corrected chi connectivity index (χ3v) is 11.3. The summed E-state index contributed by atoms with van der Waals surface area (Å²) in [7, 11) is 0. The SMILES string of the molecule is Cc1c(N2CCc3cnc(Nc4ccc(CN5CC(C(=O)N6CCN(c7ccc(N8CCC(=O)NC8=O)cc7)CC6)C5)cc4)nc3C2)cnc2c1NCCO2. The van der Waals surface area contributed by atoms with Crippen molar-refractivity contribution in [1.82, 2.24) is 30.1 Å². The minimum atomic E-state index is -0.383. The maximum absolute atomic E-state index is 13.3. The molecule has 3 saturated heterocycles. The van der Waals surface area contributed by atoms with E-state index in [0.717, 1.165) is 91.9 Å². The van der Waals surface area contributed by atoms with Gasteiger partial charge in [-0.25, -0.2) is 19.7 Å². The third-order valence-electron chi connectivity index (χ3n) is 11.3. The molecule has 4 amide bonds. The zero-order valence-electron chi connectivity index (χ0n) is 31.0. The van der Waals surface area contributed by atoms with E-state index in [1.807, 2.05) is 41.6 Å². The molecule has 7 heterocycles. The topological polar surface area (TPSA) is 151 Å². The van der Waals surface area contributed by atoms with Crippen molar-refractivity contribution in [3.05, 3.63) is 83.3 Å². The Labute approximate surface area is 319 Å². The van der Waals surface area contributed by atoms with Crippen LogP contribution in [0.25, 0.3) is 0 Å². The van der Waals surface area contributed by atoms with Crippen LogP contribution in [0.2, 0.25) is 0 Å². The Balaban J connectivity index is 0.729. The molecule has 2 aromatic carbocycles. The number of hydrogen-bond acceptors (Lipinski definition) is 12. The number of anilines is 6. The number of hydrogen-bond donors (Lipinski definition) is 3. The van der Waals surface area contributed by atoms with E-state index in [9.17, 15) is 14.4 Å². The van der Waals surface area contributed by atoms with Gasteiger partial charge in [0, 0.05) is 101 Å². The van der Waals surface area contributed by atoms with Crippen molar-refractivity contribution in [1.29, 1.82) is 0 Å². The van der Waals surface area contributed by atoms with E-state index in [4.69, 9.17) is 9.72 Å². The van der Waals surface area contributed by atoms with Gasteiger partial charge in [-0.2, -0.15) is 0 Å². The number of benzene rings is 2. The summed E-state index contributed by atoms with van der Waals surface area (Å²) in [5.41, 5.74) is 9.35. The predicted molar refractivity (Wildman–Crippen MR) is 209 cm³/mol. The molecule has 4 aromatic rings. The molecular weight excluding hydrogens is 699 g/mol. The molecule has 0 radical (unpaired) electrons. The van der Waals surface area contributed by atoms with Crippen molar-refractivity contribution in [3.8, 4) is 5.88 Å². The summed E-state index contributed by atoms with van der Waals surface area (Å²) in [5.74, 6) is 1.28. The summed E-state index contributed by atoms with van der Waals surface area (Å²) in [6, 6.07) is 15.8. The molecule has 3 N–H and O–H groups in total. The first kappa shape index (κ1) is 34.8. The van der Waals surface area contributed by atoms with Gasteiger partial charge in [0.15, 0.2) is 0 Å². The Morgan fingerprint density at radius 2 is 1.67 bits per heavy atom. The van der Waals surface area contributed by atoms with Crippen LogP contribution in [0.1, 0.15) is 28.8 Å². The molecule has 284 valence electrons. The van der Waals surface area contributed by atoms with Crippen LogP contribution in [0.5, 0.6) is 5.88 Å². The van der Waals surface area contributed by atoms with Gasteiger partial charge in [-0.15, -0.1) is 0 Å². The number of urea groups is 1. The number of carbonyl (C=O) groups excluding carboxylic acids is 3. The van der Waals surface area contributed by atoms with E-state index in [0.29, 0.717) is 51.0 Å². The van der Waals surface area contributed by atoms with E-state index in [-0.39, 0.29) is 23.8 Å². The highest BCUT2D eigenvalue weighted by molar-refractivity contribution is 6.05. The molecule has 0 saturated carbocycles. The number of ether oxygens (including phenoxy) is 1. The maximum atomic E-state index is 13.3. The van der Waals surface area contributed by atoms with Crippen molar-refractivity contribution >= 4 is 52.2 Å². The number of pyridine rings is 1. The second-order valence-corrected chi connectivity index (χ2v) is 14.9. The summed E-state index contributed by atoms with van der Waals surface area (Å²) in [5, 5.41) is 9.19. The molecule has 5 aliphatic heterocycles. The monoisotopic (exact) mass is 743 g/mol. The van der Waals surface area contributed by atoms with Crippen LogP contribution < -0.4 is 35.4 Å². The molecule has 15 heteroatoms. The first-order valence-electron chi connectivity index (χ1n) is 19.1. The molecule has 15 nitrogen and oxygen atoms in total. The number of piperazine rings is 1. The highest BCUT2D eigenvalue weighted by Gasteiger charge is 2.36. The largest absolute Gasteiger partial charge is 0.474 e. The number of nitrogens with zero attached hydrogens (tertiary/aromatic N) is 8. The molecule has 0 bridgehead atoms. The molecule has 3 fully saturated rings. The number of imide groups is 1. The Morgan fingerprint density at radius 3 is 2.45 bits per heavy atom. The number of amides is 4. The molecule has 55 heavy (non-hydrogen) atoms. The Morgan fingerprint density at radius 1 is 0.891 bits per heavy atom. The number of rotatable bonds is 8. The molecular formula is C40H45N11O4. The minimum absolute atomic E-state index is 0.0320. The van der Waals surface area contributed by atoms with Crippen molar-refractivity contribution in [3.63, 3.8) is 0 Å². The quantitative estimate of drug-likeness (QED) is 0.242. The Bertz CT molecular complexity index is 2100. The highest BCUT2D eigenvalue weighted by atomic mass is 16.5. The summed E-state index contributed by atoms with van der Waals surface area (Å²) in [6.07, 6.45) is 5.01. The minimum Gasteiger partial charge on any atom is -0.474 e. The lowest BCUT2D eigenvalue weighted by atomic mass is 9.97. The van der Waals surface area contributed by atoms with Crippen molar-refractivity contribution in [2.75, 3.05) is 90.8 Å².